The fraction of sp³-hybridized carbons (Fsp3) is 0.474. The highest BCUT2D eigenvalue weighted by molar-refractivity contribution is 5.82. The smallest absolute Gasteiger partial charge is 0.0115 e. The summed E-state index contributed by atoms with van der Waals surface area (Å²) in [6.07, 6.45) is 2.24. The second kappa shape index (κ2) is 5.78. The van der Waals surface area contributed by atoms with E-state index in [0.717, 1.165) is 32.5 Å². The normalized spacial score (nSPS) is 22.5. The highest BCUT2D eigenvalue weighted by atomic mass is 15.1. The minimum atomic E-state index is 0.238. The van der Waals surface area contributed by atoms with Crippen molar-refractivity contribution in [2.75, 3.05) is 19.6 Å². The fourth-order valence-electron chi connectivity index (χ4n) is 3.36. The molecule has 0 aromatic heterocycles. The Balaban J connectivity index is 1.64. The largest absolute Gasteiger partial charge is 0.327 e. The van der Waals surface area contributed by atoms with E-state index >= 15 is 0 Å². The molecule has 3 rings (SSSR count). The molecule has 1 atom stereocenters. The zero-order valence-electron chi connectivity index (χ0n) is 13.2. The third-order valence-electron chi connectivity index (χ3n) is 4.92. The third kappa shape index (κ3) is 3.28. The molecule has 21 heavy (non-hydrogen) atoms. The minimum absolute atomic E-state index is 0.238. The number of piperidine rings is 1. The Morgan fingerprint density at radius 2 is 1.90 bits per heavy atom. The average molecular weight is 282 g/mol. The van der Waals surface area contributed by atoms with Gasteiger partial charge in [-0.05, 0) is 41.1 Å². The van der Waals surface area contributed by atoms with Crippen LogP contribution in [-0.4, -0.2) is 30.6 Å². The Bertz CT molecular complexity index is 618. The molecule has 2 aromatic rings. The van der Waals surface area contributed by atoms with E-state index in [1.54, 1.807) is 0 Å². The Morgan fingerprint density at radius 3 is 2.67 bits per heavy atom. The van der Waals surface area contributed by atoms with Crippen molar-refractivity contribution in [1.82, 2.24) is 4.90 Å². The van der Waals surface area contributed by atoms with Gasteiger partial charge in [0.05, 0.1) is 0 Å². The molecule has 1 fully saturated rings. The number of rotatable bonds is 3. The van der Waals surface area contributed by atoms with Crippen molar-refractivity contribution in [1.29, 1.82) is 0 Å². The van der Waals surface area contributed by atoms with Gasteiger partial charge in [0.2, 0.25) is 0 Å². The predicted molar refractivity (Wildman–Crippen MR) is 90.5 cm³/mol. The summed E-state index contributed by atoms with van der Waals surface area (Å²) < 4.78 is 0. The first-order valence-corrected chi connectivity index (χ1v) is 8.00. The molecule has 2 heteroatoms. The van der Waals surface area contributed by atoms with Crippen molar-refractivity contribution < 1.29 is 0 Å². The molecular weight excluding hydrogens is 256 g/mol. The molecule has 2 N–H and O–H groups in total. The molecule has 0 bridgehead atoms. The maximum atomic E-state index is 6.22. The summed E-state index contributed by atoms with van der Waals surface area (Å²) in [5.74, 6) is 0. The monoisotopic (exact) mass is 282 g/mol. The van der Waals surface area contributed by atoms with Gasteiger partial charge in [-0.2, -0.15) is 0 Å². The van der Waals surface area contributed by atoms with Crippen molar-refractivity contribution in [3.8, 4) is 0 Å². The first kappa shape index (κ1) is 14.6. The van der Waals surface area contributed by atoms with E-state index < -0.39 is 0 Å². The second-order valence-corrected chi connectivity index (χ2v) is 7.09. The van der Waals surface area contributed by atoms with Crippen LogP contribution in [0.5, 0.6) is 0 Å². The molecule has 1 aliphatic rings. The van der Waals surface area contributed by atoms with Crippen molar-refractivity contribution in [2.45, 2.75) is 32.7 Å². The minimum Gasteiger partial charge on any atom is -0.327 e. The van der Waals surface area contributed by atoms with Crippen molar-refractivity contribution in [2.24, 2.45) is 11.1 Å². The number of fused-ring (bicyclic) bond motifs is 1. The zero-order valence-corrected chi connectivity index (χ0v) is 13.2. The molecule has 1 heterocycles. The summed E-state index contributed by atoms with van der Waals surface area (Å²) in [6.45, 7) is 7.97. The average Bonchev–Trinajstić information content (AvgIpc) is 2.48. The van der Waals surface area contributed by atoms with Gasteiger partial charge in [0.1, 0.15) is 0 Å². The number of nitrogens with zero attached hydrogens (tertiary/aromatic N) is 1. The van der Waals surface area contributed by atoms with E-state index in [4.69, 9.17) is 5.73 Å². The molecule has 1 unspecified atom stereocenters. The van der Waals surface area contributed by atoms with E-state index in [-0.39, 0.29) is 5.41 Å². The summed E-state index contributed by atoms with van der Waals surface area (Å²) in [6, 6.07) is 15.8. The lowest BCUT2D eigenvalue weighted by Crippen LogP contribution is -2.52. The maximum absolute atomic E-state index is 6.22. The standard InChI is InChI=1S/C19H26N2/c1-19(2)14-21(12-10-18(19)20)11-9-15-7-8-16-5-3-4-6-17(16)13-15/h3-8,13,18H,9-12,14,20H2,1-2H3. The van der Waals surface area contributed by atoms with E-state index in [1.165, 1.54) is 16.3 Å². The SMILES string of the molecule is CC1(C)CN(CCc2ccc3ccccc3c2)CCC1N. The van der Waals surface area contributed by atoms with Crippen molar-refractivity contribution in [3.63, 3.8) is 0 Å². The Hall–Kier alpha value is -1.38. The third-order valence-corrected chi connectivity index (χ3v) is 4.92. The Kier molecular flexibility index (Phi) is 4.01. The summed E-state index contributed by atoms with van der Waals surface area (Å²) in [5, 5.41) is 2.67. The van der Waals surface area contributed by atoms with Crippen molar-refractivity contribution in [3.05, 3.63) is 48.0 Å². The fourth-order valence-corrected chi connectivity index (χ4v) is 3.36. The van der Waals surface area contributed by atoms with Crippen LogP contribution in [0.15, 0.2) is 42.5 Å². The maximum Gasteiger partial charge on any atom is 0.0115 e. The van der Waals surface area contributed by atoms with Crippen LogP contribution in [0.2, 0.25) is 0 Å². The predicted octanol–water partition coefficient (Wildman–Crippen LogP) is 3.44. The van der Waals surface area contributed by atoms with Gasteiger partial charge in [-0.3, -0.25) is 0 Å². The molecule has 1 aliphatic heterocycles. The van der Waals surface area contributed by atoms with Gasteiger partial charge >= 0.3 is 0 Å². The Morgan fingerprint density at radius 1 is 1.14 bits per heavy atom. The van der Waals surface area contributed by atoms with Crippen LogP contribution in [0.3, 0.4) is 0 Å². The number of hydrogen-bond acceptors (Lipinski definition) is 2. The molecule has 112 valence electrons. The number of nitrogens with two attached hydrogens (primary N) is 1. The van der Waals surface area contributed by atoms with Gasteiger partial charge in [-0.15, -0.1) is 0 Å². The lowest BCUT2D eigenvalue weighted by molar-refractivity contribution is 0.0965. The van der Waals surface area contributed by atoms with E-state index in [1.807, 2.05) is 0 Å². The van der Waals surface area contributed by atoms with Crippen LogP contribution in [0.25, 0.3) is 10.8 Å². The molecule has 0 spiro atoms. The van der Waals surface area contributed by atoms with Gasteiger partial charge in [0, 0.05) is 19.1 Å². The van der Waals surface area contributed by atoms with Crippen LogP contribution >= 0.6 is 0 Å². The van der Waals surface area contributed by atoms with Crippen LogP contribution in [-0.2, 0) is 6.42 Å². The summed E-state index contributed by atoms with van der Waals surface area (Å²) in [4.78, 5) is 2.57. The van der Waals surface area contributed by atoms with Gasteiger partial charge in [-0.1, -0.05) is 56.3 Å². The Labute approximate surface area is 127 Å². The molecule has 0 radical (unpaired) electrons. The molecule has 0 aliphatic carbocycles. The highest BCUT2D eigenvalue weighted by Crippen LogP contribution is 2.27. The molecular formula is C19H26N2. The summed E-state index contributed by atoms with van der Waals surface area (Å²) in [7, 11) is 0. The van der Waals surface area contributed by atoms with E-state index in [0.29, 0.717) is 6.04 Å². The number of benzene rings is 2. The van der Waals surface area contributed by atoms with E-state index in [2.05, 4.69) is 61.2 Å². The quantitative estimate of drug-likeness (QED) is 0.934. The van der Waals surface area contributed by atoms with Crippen LogP contribution in [0.1, 0.15) is 25.8 Å². The van der Waals surface area contributed by atoms with Crippen LogP contribution in [0.4, 0.5) is 0 Å². The highest BCUT2D eigenvalue weighted by Gasteiger charge is 2.32. The van der Waals surface area contributed by atoms with Gasteiger partial charge in [-0.25, -0.2) is 0 Å². The van der Waals surface area contributed by atoms with Crippen molar-refractivity contribution >= 4 is 10.8 Å². The van der Waals surface area contributed by atoms with Crippen LogP contribution < -0.4 is 5.73 Å². The molecule has 0 amide bonds. The molecule has 2 aromatic carbocycles. The lowest BCUT2D eigenvalue weighted by Gasteiger charge is -2.42. The topological polar surface area (TPSA) is 29.3 Å². The molecule has 0 saturated carbocycles. The lowest BCUT2D eigenvalue weighted by atomic mass is 9.79. The molecule has 1 saturated heterocycles. The van der Waals surface area contributed by atoms with Gasteiger partial charge < -0.3 is 10.6 Å². The van der Waals surface area contributed by atoms with Gasteiger partial charge in [0.15, 0.2) is 0 Å². The van der Waals surface area contributed by atoms with Gasteiger partial charge in [0.25, 0.3) is 0 Å². The zero-order chi connectivity index (χ0) is 14.9. The number of hydrogen-bond donors (Lipinski definition) is 1. The van der Waals surface area contributed by atoms with Crippen LogP contribution in [0, 0.1) is 5.41 Å². The second-order valence-electron chi connectivity index (χ2n) is 7.09. The summed E-state index contributed by atoms with van der Waals surface area (Å²) in [5.41, 5.74) is 7.89. The molecule has 2 nitrogen and oxygen atoms in total. The first-order chi connectivity index (χ1) is 10.0. The summed E-state index contributed by atoms with van der Waals surface area (Å²) >= 11 is 0. The van der Waals surface area contributed by atoms with E-state index in [9.17, 15) is 0 Å². The number of likely N-dealkylation sites (tertiary alicyclic amines) is 1. The first-order valence-electron chi connectivity index (χ1n) is 8.00.